The molecule has 2 atom stereocenters. The van der Waals surface area contributed by atoms with Gasteiger partial charge < -0.3 is 14.6 Å². The van der Waals surface area contributed by atoms with Crippen LogP contribution in [0.3, 0.4) is 0 Å². The third-order valence-electron chi connectivity index (χ3n) is 4.63. The fourth-order valence-corrected chi connectivity index (χ4v) is 3.31. The first-order chi connectivity index (χ1) is 12.3. The third-order valence-corrected chi connectivity index (χ3v) is 4.63. The highest BCUT2D eigenvalue weighted by Crippen LogP contribution is 2.22. The van der Waals surface area contributed by atoms with Gasteiger partial charge in [-0.3, -0.25) is 4.90 Å². The Morgan fingerprint density at radius 1 is 0.920 bits per heavy atom. The molecule has 0 radical (unpaired) electrons. The van der Waals surface area contributed by atoms with Crippen molar-refractivity contribution in [1.82, 2.24) is 4.90 Å². The lowest BCUT2D eigenvalue weighted by Crippen LogP contribution is -2.35. The molecule has 2 aromatic carbocycles. The molecule has 0 aromatic heterocycles. The van der Waals surface area contributed by atoms with Crippen LogP contribution in [0, 0.1) is 0 Å². The maximum Gasteiger partial charge on any atom is 0.0722 e. The summed E-state index contributed by atoms with van der Waals surface area (Å²) in [7, 11) is 0. The summed E-state index contributed by atoms with van der Waals surface area (Å²) in [6.07, 6.45) is 1.14. The summed E-state index contributed by atoms with van der Waals surface area (Å²) in [5.41, 5.74) is 2.38. The van der Waals surface area contributed by atoms with Gasteiger partial charge in [-0.25, -0.2) is 0 Å². The molecular formula is C21H27NO3. The predicted molar refractivity (Wildman–Crippen MR) is 98.2 cm³/mol. The fraction of sp³-hybridized carbons (Fsp3) is 0.429. The number of aliphatic hydroxyl groups is 1. The minimum atomic E-state index is 0.167. The van der Waals surface area contributed by atoms with Gasteiger partial charge in [0.2, 0.25) is 0 Å². The second-order valence-corrected chi connectivity index (χ2v) is 6.53. The van der Waals surface area contributed by atoms with Gasteiger partial charge in [0.1, 0.15) is 0 Å². The van der Waals surface area contributed by atoms with Crippen LogP contribution < -0.4 is 0 Å². The number of hydrogen-bond acceptors (Lipinski definition) is 4. The van der Waals surface area contributed by atoms with E-state index in [0.29, 0.717) is 32.4 Å². The first-order valence-corrected chi connectivity index (χ1v) is 8.97. The van der Waals surface area contributed by atoms with Gasteiger partial charge in [0, 0.05) is 19.1 Å². The Bertz CT molecular complexity index is 605. The highest BCUT2D eigenvalue weighted by Gasteiger charge is 2.32. The Labute approximate surface area is 150 Å². The minimum Gasteiger partial charge on any atom is -0.395 e. The molecule has 3 rings (SSSR count). The SMILES string of the molecule is OCCN1CC(OCc2ccccc2)CC1COCc1ccccc1. The minimum absolute atomic E-state index is 0.167. The number of rotatable bonds is 9. The average molecular weight is 341 g/mol. The molecule has 1 heterocycles. The fourth-order valence-electron chi connectivity index (χ4n) is 3.31. The van der Waals surface area contributed by atoms with Crippen molar-refractivity contribution >= 4 is 0 Å². The molecule has 0 spiro atoms. The van der Waals surface area contributed by atoms with Gasteiger partial charge in [0.25, 0.3) is 0 Å². The van der Waals surface area contributed by atoms with Crippen LogP contribution in [0.1, 0.15) is 17.5 Å². The molecule has 2 aromatic rings. The molecule has 25 heavy (non-hydrogen) atoms. The van der Waals surface area contributed by atoms with E-state index in [9.17, 15) is 5.11 Å². The highest BCUT2D eigenvalue weighted by molar-refractivity contribution is 5.14. The Kier molecular flexibility index (Phi) is 7.00. The zero-order chi connectivity index (χ0) is 17.3. The second kappa shape index (κ2) is 9.68. The quantitative estimate of drug-likeness (QED) is 0.761. The van der Waals surface area contributed by atoms with E-state index in [4.69, 9.17) is 9.47 Å². The van der Waals surface area contributed by atoms with Crippen LogP contribution in [0.2, 0.25) is 0 Å². The number of benzene rings is 2. The second-order valence-electron chi connectivity index (χ2n) is 6.53. The largest absolute Gasteiger partial charge is 0.395 e. The molecule has 2 unspecified atom stereocenters. The molecule has 1 aliphatic heterocycles. The van der Waals surface area contributed by atoms with Crippen LogP contribution in [0.4, 0.5) is 0 Å². The molecule has 0 saturated carbocycles. The smallest absolute Gasteiger partial charge is 0.0722 e. The van der Waals surface area contributed by atoms with Crippen molar-refractivity contribution < 1.29 is 14.6 Å². The number of hydrogen-bond donors (Lipinski definition) is 1. The normalized spacial score (nSPS) is 20.8. The van der Waals surface area contributed by atoms with E-state index in [1.54, 1.807) is 0 Å². The standard InChI is InChI=1S/C21H27NO3/c23-12-11-22-14-21(25-16-19-9-5-2-6-10-19)13-20(22)17-24-15-18-7-3-1-4-8-18/h1-10,20-21,23H,11-17H2. The van der Waals surface area contributed by atoms with Crippen molar-refractivity contribution in [2.45, 2.75) is 31.8 Å². The van der Waals surface area contributed by atoms with Crippen LogP contribution in [0.25, 0.3) is 0 Å². The molecule has 1 saturated heterocycles. The Hall–Kier alpha value is -1.72. The van der Waals surface area contributed by atoms with Crippen LogP contribution in [-0.2, 0) is 22.7 Å². The van der Waals surface area contributed by atoms with Gasteiger partial charge in [-0.2, -0.15) is 0 Å². The van der Waals surface area contributed by atoms with E-state index < -0.39 is 0 Å². The average Bonchev–Trinajstić information content (AvgIpc) is 3.04. The Morgan fingerprint density at radius 2 is 1.56 bits per heavy atom. The van der Waals surface area contributed by atoms with Crippen LogP contribution >= 0.6 is 0 Å². The van der Waals surface area contributed by atoms with Gasteiger partial charge in [0.05, 0.1) is 32.5 Å². The van der Waals surface area contributed by atoms with E-state index >= 15 is 0 Å². The van der Waals surface area contributed by atoms with Crippen molar-refractivity contribution in [3.63, 3.8) is 0 Å². The summed E-state index contributed by atoms with van der Waals surface area (Å²) in [5, 5.41) is 9.32. The van der Waals surface area contributed by atoms with Crippen LogP contribution in [0.15, 0.2) is 60.7 Å². The molecule has 0 bridgehead atoms. The number of β-amino-alcohol motifs (C(OH)–C–C–N with tert-alkyl or cyclic N) is 1. The van der Waals surface area contributed by atoms with Crippen molar-refractivity contribution in [3.05, 3.63) is 71.8 Å². The summed E-state index contributed by atoms with van der Waals surface area (Å²) < 4.78 is 12.0. The first kappa shape index (κ1) is 18.1. The molecule has 0 aliphatic carbocycles. The van der Waals surface area contributed by atoms with E-state index in [1.807, 2.05) is 36.4 Å². The molecule has 0 amide bonds. The summed E-state index contributed by atoms with van der Waals surface area (Å²) >= 11 is 0. The van der Waals surface area contributed by atoms with Crippen molar-refractivity contribution in [3.8, 4) is 0 Å². The predicted octanol–water partition coefficient (Wildman–Crippen LogP) is 2.86. The van der Waals surface area contributed by atoms with Gasteiger partial charge >= 0.3 is 0 Å². The van der Waals surface area contributed by atoms with Crippen molar-refractivity contribution in [1.29, 1.82) is 0 Å². The lowest BCUT2D eigenvalue weighted by atomic mass is 10.2. The van der Waals surface area contributed by atoms with Gasteiger partial charge in [-0.1, -0.05) is 60.7 Å². The lowest BCUT2D eigenvalue weighted by Gasteiger charge is -2.22. The summed E-state index contributed by atoms with van der Waals surface area (Å²) in [6, 6.07) is 20.8. The maximum absolute atomic E-state index is 9.32. The van der Waals surface area contributed by atoms with Crippen molar-refractivity contribution in [2.75, 3.05) is 26.3 Å². The number of likely N-dealkylation sites (tertiary alicyclic amines) is 1. The molecule has 4 heteroatoms. The van der Waals surface area contributed by atoms with Crippen LogP contribution in [0.5, 0.6) is 0 Å². The van der Waals surface area contributed by atoms with Crippen molar-refractivity contribution in [2.24, 2.45) is 0 Å². The number of aliphatic hydroxyl groups excluding tert-OH is 1. The molecule has 1 N–H and O–H groups in total. The van der Waals surface area contributed by atoms with Gasteiger partial charge in [-0.05, 0) is 17.5 Å². The zero-order valence-electron chi connectivity index (χ0n) is 14.6. The van der Waals surface area contributed by atoms with E-state index in [1.165, 1.54) is 11.1 Å². The van der Waals surface area contributed by atoms with E-state index in [-0.39, 0.29) is 12.7 Å². The summed E-state index contributed by atoms with van der Waals surface area (Å²) in [6.45, 7) is 3.62. The topological polar surface area (TPSA) is 41.9 Å². The first-order valence-electron chi connectivity index (χ1n) is 8.97. The Balaban J connectivity index is 1.46. The van der Waals surface area contributed by atoms with Gasteiger partial charge in [-0.15, -0.1) is 0 Å². The van der Waals surface area contributed by atoms with E-state index in [2.05, 4.69) is 29.2 Å². The maximum atomic E-state index is 9.32. The lowest BCUT2D eigenvalue weighted by molar-refractivity contribution is 0.0454. The molecule has 1 fully saturated rings. The van der Waals surface area contributed by atoms with Gasteiger partial charge in [0.15, 0.2) is 0 Å². The zero-order valence-corrected chi connectivity index (χ0v) is 14.6. The highest BCUT2D eigenvalue weighted by atomic mass is 16.5. The molecule has 134 valence electrons. The third kappa shape index (κ3) is 5.65. The van der Waals surface area contributed by atoms with E-state index in [0.717, 1.165) is 13.0 Å². The number of ether oxygens (including phenoxy) is 2. The van der Waals surface area contributed by atoms with Crippen LogP contribution in [-0.4, -0.2) is 48.5 Å². The molecule has 1 aliphatic rings. The molecular weight excluding hydrogens is 314 g/mol. The summed E-state index contributed by atoms with van der Waals surface area (Å²) in [4.78, 5) is 2.28. The molecule has 4 nitrogen and oxygen atoms in total. The number of nitrogens with zero attached hydrogens (tertiary/aromatic N) is 1. The monoisotopic (exact) mass is 341 g/mol. The summed E-state index contributed by atoms with van der Waals surface area (Å²) in [5.74, 6) is 0. The Morgan fingerprint density at radius 3 is 2.20 bits per heavy atom.